The van der Waals surface area contributed by atoms with Crippen molar-refractivity contribution in [3.63, 3.8) is 0 Å². The molecule has 0 spiro atoms. The summed E-state index contributed by atoms with van der Waals surface area (Å²) in [5.41, 5.74) is 2.14. The number of quaternary nitrogens is 1. The average molecular weight is 324 g/mol. The monoisotopic (exact) mass is 324 g/mol. The number of phenols is 1. The smallest absolute Gasteiger partial charge is 0.231 e. The summed E-state index contributed by atoms with van der Waals surface area (Å²) in [5, 5.41) is 10.3. The van der Waals surface area contributed by atoms with Crippen molar-refractivity contribution < 1.29 is 19.5 Å². The Bertz CT molecular complexity index is 777. The Morgan fingerprint density at radius 1 is 1.08 bits per heavy atom. The van der Waals surface area contributed by atoms with Crippen molar-refractivity contribution in [1.29, 1.82) is 0 Å². The molecule has 1 aliphatic heterocycles. The van der Waals surface area contributed by atoms with Crippen LogP contribution in [-0.4, -0.2) is 24.0 Å². The van der Waals surface area contributed by atoms with Gasteiger partial charge >= 0.3 is 0 Å². The number of fused-ring (bicyclic) bond motifs is 1. The van der Waals surface area contributed by atoms with Crippen LogP contribution in [0.4, 0.5) is 0 Å². The number of aromatic hydroxyl groups is 1. The predicted octanol–water partition coefficient (Wildman–Crippen LogP) is 2.43. The summed E-state index contributed by atoms with van der Waals surface area (Å²) < 4.78 is 5.86. The number of rotatable bonds is 5. The second-order valence-electron chi connectivity index (χ2n) is 5.92. The molecule has 3 rings (SSSR count). The van der Waals surface area contributed by atoms with E-state index in [1.807, 2.05) is 30.3 Å². The maximum atomic E-state index is 12.6. The summed E-state index contributed by atoms with van der Waals surface area (Å²) in [7, 11) is 0. The molecule has 0 atom stereocenters. The molecule has 1 heterocycles. The second-order valence-corrected chi connectivity index (χ2v) is 5.92. The van der Waals surface area contributed by atoms with E-state index in [9.17, 15) is 9.90 Å². The summed E-state index contributed by atoms with van der Waals surface area (Å²) in [5.74, 6) is 0.853. The molecular formula is C20H22NO3+. The van der Waals surface area contributed by atoms with Gasteiger partial charge in [0, 0.05) is 0 Å². The third kappa shape index (κ3) is 3.05. The van der Waals surface area contributed by atoms with Crippen molar-refractivity contribution in [1.82, 2.24) is 0 Å². The molecule has 0 radical (unpaired) electrons. The maximum absolute atomic E-state index is 12.6. The molecule has 0 amide bonds. The van der Waals surface area contributed by atoms with Crippen LogP contribution in [0.3, 0.4) is 0 Å². The van der Waals surface area contributed by atoms with Crippen LogP contribution in [0.5, 0.6) is 11.5 Å². The lowest BCUT2D eigenvalue weighted by atomic mass is 10.0. The molecule has 4 heteroatoms. The number of carbonyl (C=O) groups excluding carboxylic acids is 1. The molecule has 0 unspecified atom stereocenters. The summed E-state index contributed by atoms with van der Waals surface area (Å²) >= 11 is 0. The molecule has 124 valence electrons. The van der Waals surface area contributed by atoms with E-state index in [4.69, 9.17) is 4.74 Å². The van der Waals surface area contributed by atoms with E-state index < -0.39 is 0 Å². The number of allylic oxidation sites excluding steroid dienone is 1. The highest BCUT2D eigenvalue weighted by Crippen LogP contribution is 2.39. The third-order valence-corrected chi connectivity index (χ3v) is 4.44. The zero-order valence-electron chi connectivity index (χ0n) is 14.0. The van der Waals surface area contributed by atoms with Gasteiger partial charge in [-0.05, 0) is 37.6 Å². The van der Waals surface area contributed by atoms with Gasteiger partial charge in [-0.3, -0.25) is 4.79 Å². The third-order valence-electron chi connectivity index (χ3n) is 4.44. The molecule has 2 aromatic rings. The molecule has 0 aromatic heterocycles. The highest BCUT2D eigenvalue weighted by atomic mass is 16.5. The number of hydrogen-bond acceptors (Lipinski definition) is 3. The van der Waals surface area contributed by atoms with Gasteiger partial charge in [0.15, 0.2) is 11.5 Å². The predicted molar refractivity (Wildman–Crippen MR) is 93.2 cm³/mol. The van der Waals surface area contributed by atoms with E-state index in [1.165, 1.54) is 4.90 Å². The van der Waals surface area contributed by atoms with E-state index in [-0.39, 0.29) is 11.5 Å². The van der Waals surface area contributed by atoms with Crippen molar-refractivity contribution >= 4 is 11.9 Å². The largest absolute Gasteiger partial charge is 0.507 e. The molecule has 0 bridgehead atoms. The van der Waals surface area contributed by atoms with Crippen molar-refractivity contribution in [2.24, 2.45) is 0 Å². The van der Waals surface area contributed by atoms with Gasteiger partial charge < -0.3 is 14.7 Å². The Morgan fingerprint density at radius 2 is 1.79 bits per heavy atom. The summed E-state index contributed by atoms with van der Waals surface area (Å²) in [6.07, 6.45) is 1.74. The first-order valence-corrected chi connectivity index (χ1v) is 8.31. The van der Waals surface area contributed by atoms with Crippen LogP contribution in [0, 0.1) is 0 Å². The first kappa shape index (κ1) is 16.3. The van der Waals surface area contributed by atoms with Crippen LogP contribution >= 0.6 is 0 Å². The molecule has 2 aromatic carbocycles. The molecule has 24 heavy (non-hydrogen) atoms. The highest BCUT2D eigenvalue weighted by Gasteiger charge is 2.32. The second kappa shape index (κ2) is 6.89. The first-order chi connectivity index (χ1) is 11.6. The van der Waals surface area contributed by atoms with Gasteiger partial charge in [-0.1, -0.05) is 30.3 Å². The Labute approximate surface area is 142 Å². The minimum atomic E-state index is -0.135. The molecule has 0 saturated carbocycles. The van der Waals surface area contributed by atoms with Crippen LogP contribution in [0.25, 0.3) is 6.08 Å². The Morgan fingerprint density at radius 3 is 2.46 bits per heavy atom. The lowest BCUT2D eigenvalue weighted by Gasteiger charge is -2.17. The SMILES string of the molecule is CC[NH+](CC)Cc1c(O)ccc2c1O/C(=C\c1ccccc1)C2=O. The number of ketones is 1. The lowest BCUT2D eigenvalue weighted by Crippen LogP contribution is -3.10. The van der Waals surface area contributed by atoms with Gasteiger partial charge in [0.25, 0.3) is 0 Å². The fourth-order valence-electron chi connectivity index (χ4n) is 2.92. The molecule has 1 aliphatic rings. The van der Waals surface area contributed by atoms with Crippen LogP contribution in [0.15, 0.2) is 48.2 Å². The summed E-state index contributed by atoms with van der Waals surface area (Å²) in [6.45, 7) is 6.73. The molecule has 0 saturated heterocycles. The van der Waals surface area contributed by atoms with Gasteiger partial charge in [0.1, 0.15) is 12.3 Å². The molecule has 2 N–H and O–H groups in total. The Hall–Kier alpha value is -2.59. The standard InChI is InChI=1S/C20H21NO3/c1-3-21(4-2)13-16-17(22)11-10-15-19(23)18(24-20(15)16)12-14-8-6-5-7-9-14/h5-12,22H,3-4,13H2,1-2H3/p+1/b18-12-. The molecule has 4 nitrogen and oxygen atoms in total. The Kier molecular flexibility index (Phi) is 4.67. The van der Waals surface area contributed by atoms with E-state index in [2.05, 4.69) is 13.8 Å². The van der Waals surface area contributed by atoms with Gasteiger partial charge in [-0.25, -0.2) is 0 Å². The van der Waals surface area contributed by atoms with Crippen LogP contribution in [-0.2, 0) is 6.54 Å². The van der Waals surface area contributed by atoms with Crippen molar-refractivity contribution in [2.75, 3.05) is 13.1 Å². The molecule has 0 fully saturated rings. The van der Waals surface area contributed by atoms with E-state index in [0.29, 0.717) is 29.2 Å². The number of benzene rings is 2. The minimum absolute atomic E-state index is 0.135. The molecule has 0 aliphatic carbocycles. The van der Waals surface area contributed by atoms with E-state index >= 15 is 0 Å². The van der Waals surface area contributed by atoms with Crippen LogP contribution in [0.2, 0.25) is 0 Å². The van der Waals surface area contributed by atoms with Gasteiger partial charge in [0.2, 0.25) is 5.78 Å². The number of nitrogens with one attached hydrogen (secondary N) is 1. The Balaban J connectivity index is 1.98. The lowest BCUT2D eigenvalue weighted by molar-refractivity contribution is -0.910. The fraction of sp³-hybridized carbons (Fsp3) is 0.250. The fourth-order valence-corrected chi connectivity index (χ4v) is 2.92. The maximum Gasteiger partial charge on any atom is 0.231 e. The quantitative estimate of drug-likeness (QED) is 0.831. The minimum Gasteiger partial charge on any atom is -0.507 e. The van der Waals surface area contributed by atoms with Crippen molar-refractivity contribution in [3.05, 3.63) is 64.9 Å². The normalized spacial score (nSPS) is 15.0. The molecular weight excluding hydrogens is 302 g/mol. The van der Waals surface area contributed by atoms with Crippen LogP contribution in [0.1, 0.15) is 35.3 Å². The number of phenolic OH excluding ortho intramolecular Hbond substituents is 1. The summed E-state index contributed by atoms with van der Waals surface area (Å²) in [6, 6.07) is 12.8. The number of Topliss-reactive ketones (excluding diaryl/α,β-unsaturated/α-hetero) is 1. The first-order valence-electron chi connectivity index (χ1n) is 8.31. The summed E-state index contributed by atoms with van der Waals surface area (Å²) in [4.78, 5) is 13.9. The number of hydrogen-bond donors (Lipinski definition) is 2. The van der Waals surface area contributed by atoms with Crippen LogP contribution < -0.4 is 9.64 Å². The number of ether oxygens (including phenoxy) is 1. The van der Waals surface area contributed by atoms with E-state index in [0.717, 1.165) is 18.7 Å². The van der Waals surface area contributed by atoms with E-state index in [1.54, 1.807) is 18.2 Å². The topological polar surface area (TPSA) is 51.0 Å². The van der Waals surface area contributed by atoms with Gasteiger partial charge in [-0.2, -0.15) is 0 Å². The zero-order chi connectivity index (χ0) is 17.1. The van der Waals surface area contributed by atoms with Gasteiger partial charge in [0.05, 0.1) is 24.2 Å². The number of carbonyl (C=O) groups is 1. The van der Waals surface area contributed by atoms with Crippen molar-refractivity contribution in [3.8, 4) is 11.5 Å². The highest BCUT2D eigenvalue weighted by molar-refractivity contribution is 6.14. The average Bonchev–Trinajstić information content (AvgIpc) is 2.91. The van der Waals surface area contributed by atoms with Gasteiger partial charge in [-0.15, -0.1) is 0 Å². The van der Waals surface area contributed by atoms with Crippen molar-refractivity contribution in [2.45, 2.75) is 20.4 Å². The zero-order valence-corrected chi connectivity index (χ0v) is 14.0.